The van der Waals surface area contributed by atoms with Crippen LogP contribution in [0, 0.1) is 0 Å². The van der Waals surface area contributed by atoms with Crippen LogP contribution in [-0.4, -0.2) is 0 Å². The zero-order valence-electron chi connectivity index (χ0n) is 7.74. The maximum Gasteiger partial charge on any atom is 0.126 e. The van der Waals surface area contributed by atoms with E-state index in [1.165, 1.54) is 0 Å². The molecule has 72 valence electrons. The van der Waals surface area contributed by atoms with Crippen LogP contribution in [-0.2, 0) is 0 Å². The van der Waals surface area contributed by atoms with Gasteiger partial charge in [-0.2, -0.15) is 0 Å². The highest BCUT2D eigenvalue weighted by Crippen LogP contribution is 2.22. The molecule has 0 radical (unpaired) electrons. The van der Waals surface area contributed by atoms with E-state index < -0.39 is 0 Å². The molecule has 0 amide bonds. The molecule has 0 heterocycles. The predicted molar refractivity (Wildman–Crippen MR) is 53.6 cm³/mol. The lowest BCUT2D eigenvalue weighted by atomic mass is 10.1. The third-order valence-electron chi connectivity index (χ3n) is 2.02. The summed E-state index contributed by atoms with van der Waals surface area (Å²) in [5.74, 6) is 1.34. The predicted octanol–water partition coefficient (Wildman–Crippen LogP) is 3.60. The van der Waals surface area contributed by atoms with E-state index in [0.717, 1.165) is 5.75 Å². The van der Waals surface area contributed by atoms with E-state index in [9.17, 15) is 4.39 Å². The normalized spacial score (nSPS) is 15.8. The minimum atomic E-state index is -0.113. The molecule has 0 spiro atoms. The van der Waals surface area contributed by atoms with Crippen molar-refractivity contribution in [3.8, 4) is 5.75 Å². The van der Waals surface area contributed by atoms with Gasteiger partial charge in [-0.1, -0.05) is 18.2 Å². The minimum Gasteiger partial charge on any atom is -0.462 e. The smallest absolute Gasteiger partial charge is 0.126 e. The topological polar surface area (TPSA) is 9.23 Å². The summed E-state index contributed by atoms with van der Waals surface area (Å²) < 4.78 is 18.4. The van der Waals surface area contributed by atoms with Crippen LogP contribution < -0.4 is 4.74 Å². The standard InChI is InChI=1S/C12H11FO/c13-10-5-4-8-12(9-10)14-11-6-2-1-3-7-11/h1-3,5-8H,4,9H2. The Morgan fingerprint density at radius 3 is 2.57 bits per heavy atom. The van der Waals surface area contributed by atoms with E-state index in [0.29, 0.717) is 12.2 Å². The van der Waals surface area contributed by atoms with E-state index in [4.69, 9.17) is 4.74 Å². The first-order valence-electron chi connectivity index (χ1n) is 4.61. The summed E-state index contributed by atoms with van der Waals surface area (Å²) in [6, 6.07) is 9.42. The van der Waals surface area contributed by atoms with E-state index in [1.807, 2.05) is 36.4 Å². The Kier molecular flexibility index (Phi) is 2.63. The number of rotatable bonds is 2. The molecule has 0 aromatic heterocycles. The molecule has 0 atom stereocenters. The van der Waals surface area contributed by atoms with Gasteiger partial charge in [0.25, 0.3) is 0 Å². The van der Waals surface area contributed by atoms with Crippen molar-refractivity contribution in [3.05, 3.63) is 54.1 Å². The Morgan fingerprint density at radius 2 is 1.86 bits per heavy atom. The number of ether oxygens (including phenoxy) is 1. The van der Waals surface area contributed by atoms with Gasteiger partial charge in [-0.3, -0.25) is 0 Å². The summed E-state index contributed by atoms with van der Waals surface area (Å²) in [6.07, 6.45) is 4.36. The summed E-state index contributed by atoms with van der Waals surface area (Å²) in [6.45, 7) is 0. The van der Waals surface area contributed by atoms with Crippen LogP contribution in [0.4, 0.5) is 4.39 Å². The Bertz CT molecular complexity index is 365. The second kappa shape index (κ2) is 4.09. The van der Waals surface area contributed by atoms with Crippen molar-refractivity contribution in [2.24, 2.45) is 0 Å². The van der Waals surface area contributed by atoms with Gasteiger partial charge in [-0.05, 0) is 30.7 Å². The summed E-state index contributed by atoms with van der Waals surface area (Å²) in [4.78, 5) is 0. The zero-order chi connectivity index (χ0) is 9.80. The third kappa shape index (κ3) is 2.22. The third-order valence-corrected chi connectivity index (χ3v) is 2.02. The first kappa shape index (κ1) is 9.00. The Morgan fingerprint density at radius 1 is 1.07 bits per heavy atom. The van der Waals surface area contributed by atoms with Gasteiger partial charge < -0.3 is 4.74 Å². The van der Waals surface area contributed by atoms with Crippen molar-refractivity contribution in [1.82, 2.24) is 0 Å². The molecule has 0 unspecified atom stereocenters. The van der Waals surface area contributed by atoms with E-state index in [1.54, 1.807) is 6.08 Å². The molecule has 1 aliphatic rings. The van der Waals surface area contributed by atoms with Crippen LogP contribution in [0.15, 0.2) is 54.1 Å². The maximum absolute atomic E-state index is 12.9. The summed E-state index contributed by atoms with van der Waals surface area (Å²) in [5.41, 5.74) is 0. The molecular formula is C12H11FO. The van der Waals surface area contributed by atoms with Gasteiger partial charge in [0, 0.05) is 0 Å². The Labute approximate surface area is 82.5 Å². The van der Waals surface area contributed by atoms with Gasteiger partial charge in [0.1, 0.15) is 17.3 Å². The largest absolute Gasteiger partial charge is 0.462 e. The molecule has 14 heavy (non-hydrogen) atoms. The van der Waals surface area contributed by atoms with Gasteiger partial charge >= 0.3 is 0 Å². The molecule has 1 aromatic carbocycles. The van der Waals surface area contributed by atoms with Gasteiger partial charge in [-0.15, -0.1) is 0 Å². The fourth-order valence-electron chi connectivity index (χ4n) is 1.35. The van der Waals surface area contributed by atoms with Crippen LogP contribution in [0.5, 0.6) is 5.75 Å². The van der Waals surface area contributed by atoms with Crippen LogP contribution in [0.25, 0.3) is 0 Å². The molecule has 1 nitrogen and oxygen atoms in total. The minimum absolute atomic E-state index is 0.113. The van der Waals surface area contributed by atoms with Crippen molar-refractivity contribution < 1.29 is 9.13 Å². The number of para-hydroxylation sites is 1. The quantitative estimate of drug-likeness (QED) is 0.692. The molecule has 0 N–H and O–H groups in total. The van der Waals surface area contributed by atoms with Crippen molar-refractivity contribution >= 4 is 0 Å². The average molecular weight is 190 g/mol. The first-order chi connectivity index (χ1) is 6.84. The molecule has 2 rings (SSSR count). The Balaban J connectivity index is 2.02. The zero-order valence-corrected chi connectivity index (χ0v) is 7.74. The van der Waals surface area contributed by atoms with E-state index in [-0.39, 0.29) is 12.2 Å². The highest BCUT2D eigenvalue weighted by Gasteiger charge is 2.07. The lowest BCUT2D eigenvalue weighted by Gasteiger charge is -2.11. The lowest BCUT2D eigenvalue weighted by Crippen LogP contribution is -1.98. The van der Waals surface area contributed by atoms with Gasteiger partial charge in [0.15, 0.2) is 0 Å². The highest BCUT2D eigenvalue weighted by molar-refractivity contribution is 5.25. The van der Waals surface area contributed by atoms with Crippen LogP contribution in [0.1, 0.15) is 12.8 Å². The summed E-state index contributed by atoms with van der Waals surface area (Å²) in [7, 11) is 0. The summed E-state index contributed by atoms with van der Waals surface area (Å²) in [5, 5.41) is 0. The number of hydrogen-bond donors (Lipinski definition) is 0. The molecule has 0 aliphatic heterocycles. The van der Waals surface area contributed by atoms with Crippen LogP contribution in [0.3, 0.4) is 0 Å². The van der Waals surface area contributed by atoms with E-state index >= 15 is 0 Å². The van der Waals surface area contributed by atoms with Gasteiger partial charge in [0.2, 0.25) is 0 Å². The SMILES string of the molecule is FC1=CCC=C(Oc2ccccc2)C1. The number of allylic oxidation sites excluding steroid dienone is 3. The van der Waals surface area contributed by atoms with Crippen LogP contribution in [0.2, 0.25) is 0 Å². The number of hydrogen-bond acceptors (Lipinski definition) is 1. The molecule has 1 aromatic rings. The van der Waals surface area contributed by atoms with E-state index in [2.05, 4.69) is 0 Å². The molecular weight excluding hydrogens is 179 g/mol. The molecule has 2 heteroatoms. The fraction of sp³-hybridized carbons (Fsp3) is 0.167. The second-order valence-electron chi connectivity index (χ2n) is 3.15. The maximum atomic E-state index is 12.9. The molecule has 0 saturated heterocycles. The second-order valence-corrected chi connectivity index (χ2v) is 3.15. The highest BCUT2D eigenvalue weighted by atomic mass is 19.1. The van der Waals surface area contributed by atoms with Crippen molar-refractivity contribution in [1.29, 1.82) is 0 Å². The monoisotopic (exact) mass is 190 g/mol. The molecule has 0 bridgehead atoms. The molecule has 0 fully saturated rings. The number of benzene rings is 1. The van der Waals surface area contributed by atoms with Gasteiger partial charge in [0.05, 0.1) is 6.42 Å². The van der Waals surface area contributed by atoms with Gasteiger partial charge in [-0.25, -0.2) is 4.39 Å². The molecule has 1 aliphatic carbocycles. The van der Waals surface area contributed by atoms with Crippen molar-refractivity contribution in [3.63, 3.8) is 0 Å². The fourth-order valence-corrected chi connectivity index (χ4v) is 1.35. The van der Waals surface area contributed by atoms with Crippen molar-refractivity contribution in [2.75, 3.05) is 0 Å². The first-order valence-corrected chi connectivity index (χ1v) is 4.61. The average Bonchev–Trinajstić information content (AvgIpc) is 2.19. The Hall–Kier alpha value is -1.57. The van der Waals surface area contributed by atoms with Crippen molar-refractivity contribution in [2.45, 2.75) is 12.8 Å². The van der Waals surface area contributed by atoms with Crippen LogP contribution >= 0.6 is 0 Å². The lowest BCUT2D eigenvalue weighted by molar-refractivity contribution is 0.393. The molecule has 0 saturated carbocycles. The summed E-state index contributed by atoms with van der Waals surface area (Å²) >= 11 is 0. The number of halogens is 1.